The lowest BCUT2D eigenvalue weighted by atomic mass is 9.90. The Hall–Kier alpha value is -3.53. The maximum atomic E-state index is 14.7. The zero-order valence-corrected chi connectivity index (χ0v) is 21.7. The Morgan fingerprint density at radius 2 is 1.84 bits per heavy atom. The maximum absolute atomic E-state index is 14.7. The monoisotopic (exact) mass is 530 g/mol. The molecule has 198 valence electrons. The van der Waals surface area contributed by atoms with Crippen LogP contribution in [-0.4, -0.2) is 23.2 Å². The minimum Gasteiger partial charge on any atom is -0.447 e. The molecule has 4 rings (SSSR count). The van der Waals surface area contributed by atoms with Crippen LogP contribution < -0.4 is 16.4 Å². The lowest BCUT2D eigenvalue weighted by Gasteiger charge is -2.18. The Morgan fingerprint density at radius 3 is 2.46 bits per heavy atom. The minimum absolute atomic E-state index is 0.0455. The average molecular weight is 531 g/mol. The van der Waals surface area contributed by atoms with Gasteiger partial charge in [-0.25, -0.2) is 23.4 Å². The fourth-order valence-electron chi connectivity index (χ4n) is 3.97. The quantitative estimate of drug-likeness (QED) is 0.321. The summed E-state index contributed by atoms with van der Waals surface area (Å²) in [7, 11) is 0. The topological polar surface area (TPSA) is 106 Å². The van der Waals surface area contributed by atoms with Crippen LogP contribution in [0.25, 0.3) is 10.4 Å². The third kappa shape index (κ3) is 8.82. The van der Waals surface area contributed by atoms with Crippen LogP contribution >= 0.6 is 11.3 Å². The molecule has 0 bridgehead atoms. The highest BCUT2D eigenvalue weighted by Gasteiger charge is 2.20. The second-order valence-corrected chi connectivity index (χ2v) is 10.0. The van der Waals surface area contributed by atoms with Crippen LogP contribution in [0.3, 0.4) is 0 Å². The molecule has 3 aromatic rings. The number of amides is 3. The Morgan fingerprint density at radius 1 is 1.11 bits per heavy atom. The zero-order chi connectivity index (χ0) is 26.8. The van der Waals surface area contributed by atoms with Crippen LogP contribution in [0.1, 0.15) is 62.4 Å². The van der Waals surface area contributed by atoms with Crippen molar-refractivity contribution in [3.05, 3.63) is 70.9 Å². The van der Waals surface area contributed by atoms with Crippen molar-refractivity contribution >= 4 is 29.1 Å². The molecule has 37 heavy (non-hydrogen) atoms. The summed E-state index contributed by atoms with van der Waals surface area (Å²) in [5, 5.41) is 6.24. The van der Waals surface area contributed by atoms with Gasteiger partial charge in [0.25, 0.3) is 0 Å². The van der Waals surface area contributed by atoms with Crippen molar-refractivity contribution in [3.63, 3.8) is 0 Å². The van der Waals surface area contributed by atoms with Crippen molar-refractivity contribution < 1.29 is 23.1 Å². The summed E-state index contributed by atoms with van der Waals surface area (Å²) in [4.78, 5) is 27.2. The highest BCUT2D eigenvalue weighted by atomic mass is 32.1. The molecule has 2 aromatic carbocycles. The molecule has 0 radical (unpaired) electrons. The van der Waals surface area contributed by atoms with E-state index < -0.39 is 17.9 Å². The van der Waals surface area contributed by atoms with Gasteiger partial charge in [0, 0.05) is 35.5 Å². The smallest absolute Gasteiger partial charge is 0.404 e. The predicted octanol–water partition coefficient (Wildman–Crippen LogP) is 6.95. The van der Waals surface area contributed by atoms with Gasteiger partial charge >= 0.3 is 12.1 Å². The van der Waals surface area contributed by atoms with Gasteiger partial charge in [0.05, 0.1) is 16.0 Å². The number of anilines is 1. The number of benzene rings is 2. The van der Waals surface area contributed by atoms with E-state index in [-0.39, 0.29) is 18.5 Å². The second-order valence-electron chi connectivity index (χ2n) is 8.98. The summed E-state index contributed by atoms with van der Waals surface area (Å²) >= 11 is 1.55. The van der Waals surface area contributed by atoms with Gasteiger partial charge in [-0.05, 0) is 51.0 Å². The first-order valence-electron chi connectivity index (χ1n) is 12.2. The first-order chi connectivity index (χ1) is 17.7. The van der Waals surface area contributed by atoms with E-state index >= 15 is 0 Å². The Kier molecular flexibility index (Phi) is 10.4. The van der Waals surface area contributed by atoms with E-state index in [0.717, 1.165) is 22.7 Å². The fraction of sp³-hybridized carbons (Fsp3) is 0.370. The van der Waals surface area contributed by atoms with Crippen molar-refractivity contribution in [2.75, 3.05) is 5.32 Å². The first-order valence-corrected chi connectivity index (χ1v) is 13.0. The van der Waals surface area contributed by atoms with E-state index in [4.69, 9.17) is 0 Å². The van der Waals surface area contributed by atoms with Crippen LogP contribution in [0, 0.1) is 11.6 Å². The van der Waals surface area contributed by atoms with Gasteiger partial charge < -0.3 is 21.1 Å². The van der Waals surface area contributed by atoms with E-state index in [1.165, 1.54) is 31.4 Å². The lowest BCUT2D eigenvalue weighted by Crippen LogP contribution is -2.28. The number of nitrogens with two attached hydrogens (primary N) is 1. The molecule has 3 amide bonds. The van der Waals surface area contributed by atoms with Crippen molar-refractivity contribution in [2.45, 2.75) is 64.5 Å². The van der Waals surface area contributed by atoms with E-state index in [9.17, 15) is 18.4 Å². The molecule has 0 saturated heterocycles. The number of hydrogen-bond acceptors (Lipinski definition) is 5. The number of urea groups is 1. The molecular formula is C27H32F2N4O3S. The van der Waals surface area contributed by atoms with Crippen LogP contribution in [0.4, 0.5) is 24.1 Å². The molecular weight excluding hydrogens is 498 g/mol. The third-order valence-electron chi connectivity index (χ3n) is 5.72. The van der Waals surface area contributed by atoms with Crippen molar-refractivity contribution in [1.29, 1.82) is 0 Å². The number of nitrogens with one attached hydrogen (secondary N) is 2. The summed E-state index contributed by atoms with van der Waals surface area (Å²) in [6.07, 6.45) is 6.97. The van der Waals surface area contributed by atoms with Crippen molar-refractivity contribution in [1.82, 2.24) is 10.3 Å². The van der Waals surface area contributed by atoms with Crippen LogP contribution in [0.2, 0.25) is 0 Å². The normalized spacial score (nSPS) is 13.4. The van der Waals surface area contributed by atoms with Gasteiger partial charge in [0.15, 0.2) is 0 Å². The molecule has 4 N–H and O–H groups in total. The number of primary amides is 1. The van der Waals surface area contributed by atoms with Gasteiger partial charge in [0.1, 0.15) is 11.6 Å². The Labute approximate surface area is 219 Å². The van der Waals surface area contributed by atoms with Crippen LogP contribution in [-0.2, 0) is 11.3 Å². The lowest BCUT2D eigenvalue weighted by molar-refractivity contribution is 0.125. The summed E-state index contributed by atoms with van der Waals surface area (Å²) in [6.45, 7) is 3.53. The molecule has 1 aromatic heterocycles. The predicted molar refractivity (Wildman–Crippen MR) is 141 cm³/mol. The Bertz CT molecular complexity index is 1200. The molecule has 0 spiro atoms. The molecule has 10 heteroatoms. The van der Waals surface area contributed by atoms with Gasteiger partial charge in [-0.2, -0.15) is 0 Å². The van der Waals surface area contributed by atoms with E-state index in [1.807, 2.05) is 0 Å². The molecule has 1 fully saturated rings. The number of aromatic nitrogens is 1. The minimum atomic E-state index is -0.713. The molecule has 0 unspecified atom stereocenters. The molecule has 0 atom stereocenters. The van der Waals surface area contributed by atoms with Gasteiger partial charge in [-0.15, -0.1) is 11.3 Å². The summed E-state index contributed by atoms with van der Waals surface area (Å²) in [6, 6.07) is 10.3. The summed E-state index contributed by atoms with van der Waals surface area (Å²) in [5.41, 5.74) is 5.83. The SMILES string of the molecule is CC(C)OC(N)=O.O=C(NCc1ccccc1F)Nc1ccc(-c2cnc(C3CCCCC3)s2)c(F)c1. The van der Waals surface area contributed by atoms with Crippen LogP contribution in [0.15, 0.2) is 48.7 Å². The maximum Gasteiger partial charge on any atom is 0.404 e. The molecule has 7 nitrogen and oxygen atoms in total. The zero-order valence-electron chi connectivity index (χ0n) is 20.9. The summed E-state index contributed by atoms with van der Waals surface area (Å²) < 4.78 is 32.7. The number of thiazole rings is 1. The van der Waals surface area contributed by atoms with E-state index in [2.05, 4.69) is 26.1 Å². The summed E-state index contributed by atoms with van der Waals surface area (Å²) in [5.74, 6) is -0.314. The molecule has 1 aliphatic carbocycles. The van der Waals surface area contributed by atoms with Gasteiger partial charge in [-0.3, -0.25) is 0 Å². The van der Waals surface area contributed by atoms with Crippen molar-refractivity contribution in [2.24, 2.45) is 5.73 Å². The highest BCUT2D eigenvalue weighted by molar-refractivity contribution is 7.15. The first kappa shape index (κ1) is 28.0. The molecule has 1 heterocycles. The van der Waals surface area contributed by atoms with E-state index in [0.29, 0.717) is 22.7 Å². The number of ether oxygens (including phenoxy) is 1. The number of hydrogen-bond donors (Lipinski definition) is 3. The number of rotatable bonds is 6. The van der Waals surface area contributed by atoms with Gasteiger partial charge in [0.2, 0.25) is 0 Å². The molecule has 1 saturated carbocycles. The van der Waals surface area contributed by atoms with Gasteiger partial charge in [-0.1, -0.05) is 37.5 Å². The largest absolute Gasteiger partial charge is 0.447 e. The van der Waals surface area contributed by atoms with Crippen LogP contribution in [0.5, 0.6) is 0 Å². The van der Waals surface area contributed by atoms with E-state index in [1.54, 1.807) is 61.7 Å². The Balaban J connectivity index is 0.000000479. The fourth-order valence-corrected chi connectivity index (χ4v) is 5.08. The number of nitrogens with zero attached hydrogens (tertiary/aromatic N) is 1. The number of halogens is 2. The number of carbonyl (C=O) groups excluding carboxylic acids is 2. The average Bonchev–Trinajstić information content (AvgIpc) is 3.34. The third-order valence-corrected chi connectivity index (χ3v) is 6.91. The second kappa shape index (κ2) is 13.7. The standard InChI is InChI=1S/C23H23F2N3OS.C4H9NO2/c24-19-9-5-4-8-16(19)13-27-23(29)28-17-10-11-18(20(25)12-17)21-14-26-22(30-21)15-6-2-1-3-7-15;1-3(2)7-4(5)6/h4-5,8-12,14-15H,1-3,6-7,13H2,(H2,27,28,29);3H,1-2H3,(H2,5,6). The highest BCUT2D eigenvalue weighted by Crippen LogP contribution is 2.38. The molecule has 1 aliphatic rings. The van der Waals surface area contributed by atoms with Crippen molar-refractivity contribution in [3.8, 4) is 10.4 Å². The number of carbonyl (C=O) groups is 2. The molecule has 0 aliphatic heterocycles.